The lowest BCUT2D eigenvalue weighted by Gasteiger charge is -2.36. The first-order valence-electron chi connectivity index (χ1n) is 12.7. The molecular formula is C30H36N2O4. The monoisotopic (exact) mass is 488 g/mol. The van der Waals surface area contributed by atoms with Gasteiger partial charge in [-0.05, 0) is 66.6 Å². The summed E-state index contributed by atoms with van der Waals surface area (Å²) in [4.78, 5) is 12.3. The molecule has 6 heteroatoms. The van der Waals surface area contributed by atoms with Gasteiger partial charge in [0.15, 0.2) is 0 Å². The van der Waals surface area contributed by atoms with Crippen molar-refractivity contribution in [2.24, 2.45) is 0 Å². The zero-order valence-corrected chi connectivity index (χ0v) is 20.9. The largest absolute Gasteiger partial charge is 0.497 e. The minimum Gasteiger partial charge on any atom is -0.497 e. The SMILES string of the molecule is COc1ccc(C(OCCCCNC(=O)[C@@H]2CCCN2)(c2ccccc2)c2ccc(CO)cc2)cc1. The standard InChI is InChI=1S/C30H36N2O4/c1-35-27-17-15-26(16-18-27)30(24-8-3-2-4-9-24,25-13-11-23(22-33)12-14-25)36-21-6-5-19-32-29(34)28-10-7-20-31-28/h2-4,8-9,11-18,28,31,33H,5-7,10,19-22H2,1H3,(H,32,34)/t28-,30?/m0/s1. The minimum atomic E-state index is -0.835. The van der Waals surface area contributed by atoms with Crippen LogP contribution < -0.4 is 15.4 Å². The number of aliphatic hydroxyl groups excluding tert-OH is 1. The molecule has 1 amide bonds. The summed E-state index contributed by atoms with van der Waals surface area (Å²) in [6.45, 7) is 2.05. The number of nitrogens with one attached hydrogen (secondary N) is 2. The van der Waals surface area contributed by atoms with Crippen LogP contribution in [0.25, 0.3) is 0 Å². The molecule has 0 radical (unpaired) electrons. The molecule has 36 heavy (non-hydrogen) atoms. The number of hydrogen-bond donors (Lipinski definition) is 3. The van der Waals surface area contributed by atoms with Crippen LogP contribution in [0.3, 0.4) is 0 Å². The van der Waals surface area contributed by atoms with E-state index in [1.807, 2.05) is 66.7 Å². The fourth-order valence-corrected chi connectivity index (χ4v) is 4.79. The minimum absolute atomic E-state index is 0.00981. The van der Waals surface area contributed by atoms with Crippen LogP contribution in [0.4, 0.5) is 0 Å². The lowest BCUT2D eigenvalue weighted by atomic mass is 9.79. The van der Waals surface area contributed by atoms with Crippen molar-refractivity contribution in [1.29, 1.82) is 0 Å². The Morgan fingerprint density at radius 3 is 2.25 bits per heavy atom. The van der Waals surface area contributed by atoms with E-state index >= 15 is 0 Å². The molecule has 0 aromatic heterocycles. The highest BCUT2D eigenvalue weighted by atomic mass is 16.5. The lowest BCUT2D eigenvalue weighted by molar-refractivity contribution is -0.122. The topological polar surface area (TPSA) is 79.8 Å². The first kappa shape index (κ1) is 25.9. The molecular weight excluding hydrogens is 452 g/mol. The second kappa shape index (κ2) is 12.7. The second-order valence-corrected chi connectivity index (χ2v) is 9.13. The summed E-state index contributed by atoms with van der Waals surface area (Å²) in [5, 5.41) is 15.9. The van der Waals surface area contributed by atoms with Crippen molar-refractivity contribution in [2.45, 2.75) is 43.9 Å². The average Bonchev–Trinajstić information content (AvgIpc) is 3.49. The Hall–Kier alpha value is -3.19. The van der Waals surface area contributed by atoms with Crippen molar-refractivity contribution >= 4 is 5.91 Å². The van der Waals surface area contributed by atoms with Gasteiger partial charge >= 0.3 is 0 Å². The molecule has 190 valence electrons. The smallest absolute Gasteiger partial charge is 0.237 e. The third-order valence-electron chi connectivity index (χ3n) is 6.79. The van der Waals surface area contributed by atoms with Crippen LogP contribution in [-0.2, 0) is 21.7 Å². The first-order chi connectivity index (χ1) is 17.7. The molecule has 0 bridgehead atoms. The summed E-state index contributed by atoms with van der Waals surface area (Å²) < 4.78 is 12.2. The van der Waals surface area contributed by atoms with Gasteiger partial charge in [0.1, 0.15) is 11.4 Å². The van der Waals surface area contributed by atoms with Gasteiger partial charge in [0.2, 0.25) is 5.91 Å². The van der Waals surface area contributed by atoms with Gasteiger partial charge in [0.25, 0.3) is 0 Å². The van der Waals surface area contributed by atoms with E-state index in [-0.39, 0.29) is 18.6 Å². The normalized spacial score (nSPS) is 16.9. The number of benzene rings is 3. The highest BCUT2D eigenvalue weighted by molar-refractivity contribution is 5.81. The van der Waals surface area contributed by atoms with Crippen molar-refractivity contribution < 1.29 is 19.4 Å². The molecule has 1 aliphatic rings. The zero-order chi connectivity index (χ0) is 25.2. The maximum Gasteiger partial charge on any atom is 0.237 e. The molecule has 0 saturated carbocycles. The van der Waals surface area contributed by atoms with Crippen molar-refractivity contribution in [3.8, 4) is 5.75 Å². The van der Waals surface area contributed by atoms with E-state index in [2.05, 4.69) is 22.8 Å². The Kier molecular flexibility index (Phi) is 9.11. The molecule has 3 aromatic carbocycles. The van der Waals surface area contributed by atoms with Gasteiger partial charge in [0.05, 0.1) is 19.8 Å². The van der Waals surface area contributed by atoms with Gasteiger partial charge in [-0.3, -0.25) is 4.79 Å². The Labute approximate surface area is 213 Å². The third kappa shape index (κ3) is 5.95. The van der Waals surface area contributed by atoms with E-state index in [1.165, 1.54) is 0 Å². The number of amides is 1. The molecule has 3 aromatic rings. The summed E-state index contributed by atoms with van der Waals surface area (Å²) in [5.41, 5.74) is 3.01. The number of unbranched alkanes of at least 4 members (excludes halogenated alkanes) is 1. The number of hydrogen-bond acceptors (Lipinski definition) is 5. The fraction of sp³-hybridized carbons (Fsp3) is 0.367. The van der Waals surface area contributed by atoms with Gasteiger partial charge in [-0.2, -0.15) is 0 Å². The number of ether oxygens (including phenoxy) is 2. The molecule has 0 aliphatic carbocycles. The van der Waals surface area contributed by atoms with E-state index in [4.69, 9.17) is 9.47 Å². The number of methoxy groups -OCH3 is 1. The van der Waals surface area contributed by atoms with E-state index < -0.39 is 5.60 Å². The maximum atomic E-state index is 12.3. The average molecular weight is 489 g/mol. The molecule has 2 atom stereocenters. The Morgan fingerprint density at radius 1 is 0.972 bits per heavy atom. The predicted molar refractivity (Wildman–Crippen MR) is 141 cm³/mol. The molecule has 3 N–H and O–H groups in total. The van der Waals surface area contributed by atoms with Crippen molar-refractivity contribution in [2.75, 3.05) is 26.8 Å². The molecule has 1 saturated heterocycles. The summed E-state index contributed by atoms with van der Waals surface area (Å²) in [6, 6.07) is 26.1. The van der Waals surface area contributed by atoms with Crippen LogP contribution in [0.2, 0.25) is 0 Å². The summed E-state index contributed by atoms with van der Waals surface area (Å²) in [7, 11) is 1.66. The van der Waals surface area contributed by atoms with Gasteiger partial charge < -0.3 is 25.2 Å². The number of rotatable bonds is 12. The first-order valence-corrected chi connectivity index (χ1v) is 12.7. The van der Waals surface area contributed by atoms with Crippen LogP contribution in [0.1, 0.15) is 47.9 Å². The van der Waals surface area contributed by atoms with Crippen LogP contribution in [0.15, 0.2) is 78.9 Å². The molecule has 4 rings (SSSR count). The zero-order valence-electron chi connectivity index (χ0n) is 20.9. The highest BCUT2D eigenvalue weighted by Gasteiger charge is 2.37. The Morgan fingerprint density at radius 2 is 1.64 bits per heavy atom. The number of aliphatic hydroxyl groups is 1. The quantitative estimate of drug-likeness (QED) is 0.264. The van der Waals surface area contributed by atoms with E-state index in [0.29, 0.717) is 13.2 Å². The Balaban J connectivity index is 1.55. The van der Waals surface area contributed by atoms with Crippen molar-refractivity contribution in [3.05, 3.63) is 101 Å². The third-order valence-corrected chi connectivity index (χ3v) is 6.79. The Bertz CT molecular complexity index is 1030. The predicted octanol–water partition coefficient (Wildman–Crippen LogP) is 4.14. The number of carbonyl (C=O) groups excluding carboxylic acids is 1. The number of carbonyl (C=O) groups is 1. The van der Waals surface area contributed by atoms with E-state index in [9.17, 15) is 9.90 Å². The maximum absolute atomic E-state index is 12.3. The van der Waals surface area contributed by atoms with Gasteiger partial charge in [0, 0.05) is 13.2 Å². The van der Waals surface area contributed by atoms with E-state index in [1.54, 1.807) is 7.11 Å². The van der Waals surface area contributed by atoms with Gasteiger partial charge in [-0.25, -0.2) is 0 Å². The van der Waals surface area contributed by atoms with E-state index in [0.717, 1.165) is 60.2 Å². The molecule has 1 aliphatic heterocycles. The second-order valence-electron chi connectivity index (χ2n) is 9.13. The van der Waals surface area contributed by atoms with Crippen molar-refractivity contribution in [3.63, 3.8) is 0 Å². The summed E-state index contributed by atoms with van der Waals surface area (Å²) >= 11 is 0. The fourth-order valence-electron chi connectivity index (χ4n) is 4.79. The van der Waals surface area contributed by atoms with Gasteiger partial charge in [-0.1, -0.05) is 66.7 Å². The van der Waals surface area contributed by atoms with Crippen molar-refractivity contribution in [1.82, 2.24) is 10.6 Å². The summed E-state index contributed by atoms with van der Waals surface area (Å²) in [5.74, 6) is 0.873. The van der Waals surface area contributed by atoms with Crippen LogP contribution in [0.5, 0.6) is 5.75 Å². The highest BCUT2D eigenvalue weighted by Crippen LogP contribution is 2.41. The molecule has 1 unspecified atom stereocenters. The van der Waals surface area contributed by atoms with Gasteiger partial charge in [-0.15, -0.1) is 0 Å². The van der Waals surface area contributed by atoms with Crippen LogP contribution in [0, 0.1) is 0 Å². The lowest BCUT2D eigenvalue weighted by Crippen LogP contribution is -2.40. The molecule has 0 spiro atoms. The molecule has 1 heterocycles. The van der Waals surface area contributed by atoms with Crippen LogP contribution >= 0.6 is 0 Å². The summed E-state index contributed by atoms with van der Waals surface area (Å²) in [6.07, 6.45) is 3.59. The molecule has 1 fully saturated rings. The van der Waals surface area contributed by atoms with Crippen LogP contribution in [-0.4, -0.2) is 43.9 Å². The molecule has 6 nitrogen and oxygen atoms in total.